The van der Waals surface area contributed by atoms with Gasteiger partial charge < -0.3 is 20.5 Å². The van der Waals surface area contributed by atoms with E-state index in [-0.39, 0.29) is 18.4 Å². The van der Waals surface area contributed by atoms with E-state index in [0.717, 1.165) is 12.8 Å². The van der Waals surface area contributed by atoms with Crippen LogP contribution in [0.4, 0.5) is 4.79 Å². The quantitative estimate of drug-likeness (QED) is 0.706. The third-order valence-electron chi connectivity index (χ3n) is 2.91. The van der Waals surface area contributed by atoms with Gasteiger partial charge in [-0.2, -0.15) is 0 Å². The zero-order chi connectivity index (χ0) is 14.5. The Morgan fingerprint density at radius 3 is 2.79 bits per heavy atom. The van der Waals surface area contributed by atoms with E-state index in [0.29, 0.717) is 13.0 Å². The lowest BCUT2D eigenvalue weighted by atomic mass is 9.92. The first-order valence-electron chi connectivity index (χ1n) is 6.70. The monoisotopic (exact) mass is 272 g/mol. The molecular formula is C13H24N2O4. The van der Waals surface area contributed by atoms with Gasteiger partial charge in [0.2, 0.25) is 5.91 Å². The fourth-order valence-corrected chi connectivity index (χ4v) is 2.06. The lowest BCUT2D eigenvalue weighted by Crippen LogP contribution is -2.45. The molecule has 1 rings (SSSR count). The van der Waals surface area contributed by atoms with Gasteiger partial charge in [-0.25, -0.2) is 4.79 Å². The largest absolute Gasteiger partial charge is 0.444 e. The van der Waals surface area contributed by atoms with Gasteiger partial charge in [-0.05, 0) is 40.0 Å². The highest BCUT2D eigenvalue weighted by atomic mass is 16.6. The van der Waals surface area contributed by atoms with Crippen LogP contribution in [-0.2, 0) is 9.53 Å². The number of carbonyl (C=O) groups excluding carboxylic acids is 2. The zero-order valence-electron chi connectivity index (χ0n) is 11.9. The molecule has 110 valence electrons. The number of hydrogen-bond acceptors (Lipinski definition) is 4. The van der Waals surface area contributed by atoms with Gasteiger partial charge in [-0.1, -0.05) is 0 Å². The SMILES string of the molecule is CC(C)(C)OC(=O)N[C@H](CO)CC1CCCNC1=O. The number of piperidine rings is 1. The maximum Gasteiger partial charge on any atom is 0.407 e. The van der Waals surface area contributed by atoms with Crippen molar-refractivity contribution in [3.8, 4) is 0 Å². The molecule has 0 aromatic rings. The van der Waals surface area contributed by atoms with Crippen LogP contribution in [0.5, 0.6) is 0 Å². The minimum atomic E-state index is -0.577. The van der Waals surface area contributed by atoms with Crippen LogP contribution >= 0.6 is 0 Å². The standard InChI is InChI=1S/C13H24N2O4/c1-13(2,3)19-12(18)15-10(8-16)7-9-5-4-6-14-11(9)17/h9-10,16H,4-8H2,1-3H3,(H,14,17)(H,15,18)/t9?,10-/m0/s1. The number of amides is 2. The van der Waals surface area contributed by atoms with Crippen LogP contribution in [0.2, 0.25) is 0 Å². The normalized spacial score (nSPS) is 21.5. The minimum absolute atomic E-state index is 0.00399. The second-order valence-corrected chi connectivity index (χ2v) is 5.89. The van der Waals surface area contributed by atoms with Gasteiger partial charge in [-0.15, -0.1) is 0 Å². The highest BCUT2D eigenvalue weighted by Gasteiger charge is 2.27. The Hall–Kier alpha value is -1.30. The fraction of sp³-hybridized carbons (Fsp3) is 0.846. The predicted molar refractivity (Wildman–Crippen MR) is 70.6 cm³/mol. The number of rotatable bonds is 4. The third kappa shape index (κ3) is 5.92. The molecule has 0 bridgehead atoms. The van der Waals surface area contributed by atoms with E-state index in [4.69, 9.17) is 4.74 Å². The summed E-state index contributed by atoms with van der Waals surface area (Å²) < 4.78 is 5.12. The summed E-state index contributed by atoms with van der Waals surface area (Å²) in [4.78, 5) is 23.2. The van der Waals surface area contributed by atoms with E-state index in [1.165, 1.54) is 0 Å². The first-order chi connectivity index (χ1) is 8.81. The third-order valence-corrected chi connectivity index (χ3v) is 2.91. The van der Waals surface area contributed by atoms with Crippen molar-refractivity contribution in [3.63, 3.8) is 0 Å². The van der Waals surface area contributed by atoms with E-state index >= 15 is 0 Å². The van der Waals surface area contributed by atoms with E-state index in [2.05, 4.69) is 10.6 Å². The molecule has 1 unspecified atom stereocenters. The highest BCUT2D eigenvalue weighted by molar-refractivity contribution is 5.79. The van der Waals surface area contributed by atoms with Gasteiger partial charge >= 0.3 is 6.09 Å². The molecule has 1 saturated heterocycles. The Morgan fingerprint density at radius 2 is 2.26 bits per heavy atom. The molecule has 1 aliphatic heterocycles. The predicted octanol–water partition coefficient (Wildman–Crippen LogP) is 0.788. The van der Waals surface area contributed by atoms with Gasteiger partial charge in [0.05, 0.1) is 12.6 Å². The maximum absolute atomic E-state index is 11.6. The molecular weight excluding hydrogens is 248 g/mol. The van der Waals surface area contributed by atoms with Crippen molar-refractivity contribution in [2.45, 2.75) is 51.7 Å². The summed E-state index contributed by atoms with van der Waals surface area (Å²) >= 11 is 0. The molecule has 2 atom stereocenters. The summed E-state index contributed by atoms with van der Waals surface area (Å²) in [5.41, 5.74) is -0.577. The second kappa shape index (κ2) is 6.75. The van der Waals surface area contributed by atoms with Gasteiger partial charge in [0.25, 0.3) is 0 Å². The van der Waals surface area contributed by atoms with Crippen LogP contribution in [0.15, 0.2) is 0 Å². The van der Waals surface area contributed by atoms with E-state index in [9.17, 15) is 14.7 Å². The zero-order valence-corrected chi connectivity index (χ0v) is 11.9. The Bertz CT molecular complexity index is 325. The summed E-state index contributed by atoms with van der Waals surface area (Å²) in [5.74, 6) is -0.156. The smallest absolute Gasteiger partial charge is 0.407 e. The lowest BCUT2D eigenvalue weighted by molar-refractivity contribution is -0.127. The fourth-order valence-electron chi connectivity index (χ4n) is 2.06. The summed E-state index contributed by atoms with van der Waals surface area (Å²) in [5, 5.41) is 14.7. The minimum Gasteiger partial charge on any atom is -0.444 e. The van der Waals surface area contributed by atoms with Crippen LogP contribution in [0.25, 0.3) is 0 Å². The molecule has 2 amide bonds. The number of alkyl carbamates (subject to hydrolysis) is 1. The van der Waals surface area contributed by atoms with Crippen molar-refractivity contribution >= 4 is 12.0 Å². The van der Waals surface area contributed by atoms with Crippen molar-refractivity contribution < 1.29 is 19.4 Å². The van der Waals surface area contributed by atoms with Gasteiger partial charge in [0.15, 0.2) is 0 Å². The van der Waals surface area contributed by atoms with Crippen molar-refractivity contribution in [1.82, 2.24) is 10.6 Å². The summed E-state index contributed by atoms with van der Waals surface area (Å²) in [6.45, 7) is 5.82. The Labute approximate surface area is 113 Å². The van der Waals surface area contributed by atoms with Crippen LogP contribution in [-0.4, -0.2) is 41.9 Å². The molecule has 1 heterocycles. The number of carbonyl (C=O) groups is 2. The van der Waals surface area contributed by atoms with Crippen LogP contribution in [0.3, 0.4) is 0 Å². The average Bonchev–Trinajstić information content (AvgIpc) is 2.28. The van der Waals surface area contributed by atoms with E-state index in [1.807, 2.05) is 0 Å². The number of aliphatic hydroxyl groups is 1. The number of aliphatic hydroxyl groups excluding tert-OH is 1. The van der Waals surface area contributed by atoms with Crippen molar-refractivity contribution in [2.75, 3.05) is 13.2 Å². The second-order valence-electron chi connectivity index (χ2n) is 5.89. The number of ether oxygens (including phenoxy) is 1. The molecule has 0 saturated carbocycles. The molecule has 0 aromatic heterocycles. The maximum atomic E-state index is 11.6. The molecule has 6 heteroatoms. The Balaban J connectivity index is 2.44. The Kier molecular flexibility index (Phi) is 5.60. The Morgan fingerprint density at radius 1 is 1.58 bits per heavy atom. The van der Waals surface area contributed by atoms with Crippen LogP contribution in [0.1, 0.15) is 40.0 Å². The lowest BCUT2D eigenvalue weighted by Gasteiger charge is -2.27. The molecule has 0 spiro atoms. The average molecular weight is 272 g/mol. The summed E-state index contributed by atoms with van der Waals surface area (Å²) in [6, 6.07) is -0.455. The van der Waals surface area contributed by atoms with Crippen molar-refractivity contribution in [1.29, 1.82) is 0 Å². The molecule has 1 aliphatic rings. The molecule has 19 heavy (non-hydrogen) atoms. The summed E-state index contributed by atoms with van der Waals surface area (Å²) in [6.07, 6.45) is 1.59. The molecule has 0 aliphatic carbocycles. The first-order valence-corrected chi connectivity index (χ1v) is 6.70. The first kappa shape index (κ1) is 15.8. The van der Waals surface area contributed by atoms with Gasteiger partial charge in [-0.3, -0.25) is 4.79 Å². The van der Waals surface area contributed by atoms with Crippen LogP contribution < -0.4 is 10.6 Å². The van der Waals surface area contributed by atoms with Gasteiger partial charge in [0, 0.05) is 12.5 Å². The van der Waals surface area contributed by atoms with Gasteiger partial charge in [0.1, 0.15) is 5.60 Å². The highest BCUT2D eigenvalue weighted by Crippen LogP contribution is 2.17. The van der Waals surface area contributed by atoms with E-state index < -0.39 is 17.7 Å². The van der Waals surface area contributed by atoms with Crippen molar-refractivity contribution in [2.24, 2.45) is 5.92 Å². The number of nitrogens with one attached hydrogen (secondary N) is 2. The van der Waals surface area contributed by atoms with Crippen molar-refractivity contribution in [3.05, 3.63) is 0 Å². The summed E-state index contributed by atoms with van der Waals surface area (Å²) in [7, 11) is 0. The topological polar surface area (TPSA) is 87.7 Å². The van der Waals surface area contributed by atoms with E-state index in [1.54, 1.807) is 20.8 Å². The molecule has 3 N–H and O–H groups in total. The number of hydrogen-bond donors (Lipinski definition) is 3. The molecule has 0 aromatic carbocycles. The van der Waals surface area contributed by atoms with Crippen LogP contribution in [0, 0.1) is 5.92 Å². The molecule has 0 radical (unpaired) electrons. The molecule has 1 fully saturated rings. The molecule has 6 nitrogen and oxygen atoms in total.